The van der Waals surface area contributed by atoms with E-state index in [1.165, 1.54) is 36.1 Å². The van der Waals surface area contributed by atoms with Gasteiger partial charge in [-0.05, 0) is 31.2 Å². The number of hydrogen-bond acceptors (Lipinski definition) is 5. The van der Waals surface area contributed by atoms with E-state index in [0.717, 1.165) is 11.8 Å². The molecule has 2 saturated heterocycles. The van der Waals surface area contributed by atoms with Crippen LogP contribution in [-0.4, -0.2) is 56.4 Å². The molecule has 2 fully saturated rings. The Bertz CT molecular complexity index is 637. The van der Waals surface area contributed by atoms with Gasteiger partial charge in [-0.25, -0.2) is 4.39 Å². The zero-order valence-corrected chi connectivity index (χ0v) is 13.1. The molecule has 1 unspecified atom stereocenters. The molecule has 2 aliphatic rings. The lowest BCUT2D eigenvalue weighted by molar-refractivity contribution is -0.156. The first-order valence-electron chi connectivity index (χ1n) is 7.12. The summed E-state index contributed by atoms with van der Waals surface area (Å²) in [6, 6.07) is 5.29. The summed E-state index contributed by atoms with van der Waals surface area (Å²) in [7, 11) is 0. The number of hydrogen-bond donors (Lipinski definition) is 2. The number of nitrogens with zero attached hydrogens (tertiary/aromatic N) is 1. The Morgan fingerprint density at radius 2 is 2.17 bits per heavy atom. The number of fused-ring (bicyclic) bond motifs is 1. The van der Waals surface area contributed by atoms with Crippen molar-refractivity contribution in [3.05, 3.63) is 30.1 Å². The van der Waals surface area contributed by atoms with Crippen molar-refractivity contribution in [3.63, 3.8) is 0 Å². The number of halogens is 1. The maximum atomic E-state index is 12.9. The van der Waals surface area contributed by atoms with Gasteiger partial charge in [0.25, 0.3) is 0 Å². The number of aliphatic hydroxyl groups is 1. The van der Waals surface area contributed by atoms with Crippen LogP contribution in [0.15, 0.2) is 24.3 Å². The largest absolute Gasteiger partial charge is 0.491 e. The summed E-state index contributed by atoms with van der Waals surface area (Å²) in [6.45, 7) is 1.41. The third-order valence-corrected chi connectivity index (χ3v) is 5.81. The molecule has 23 heavy (non-hydrogen) atoms. The fourth-order valence-electron chi connectivity index (χ4n) is 2.83. The second-order valence-electron chi connectivity index (χ2n) is 5.78. The molecule has 2 heterocycles. The zero-order chi connectivity index (χ0) is 16.8. The van der Waals surface area contributed by atoms with Crippen LogP contribution in [0.2, 0.25) is 0 Å². The van der Waals surface area contributed by atoms with Crippen molar-refractivity contribution in [2.75, 3.05) is 13.2 Å². The number of rotatable bonds is 5. The van der Waals surface area contributed by atoms with Gasteiger partial charge in [0, 0.05) is 0 Å². The van der Waals surface area contributed by atoms with Gasteiger partial charge in [-0.2, -0.15) is 0 Å². The molecule has 1 amide bonds. The van der Waals surface area contributed by atoms with Crippen molar-refractivity contribution < 1.29 is 28.9 Å². The number of amides is 1. The summed E-state index contributed by atoms with van der Waals surface area (Å²) in [5.41, 5.74) is 0. The minimum Gasteiger partial charge on any atom is -0.491 e. The minimum absolute atomic E-state index is 0.0287. The quantitative estimate of drug-likeness (QED) is 0.775. The number of ether oxygens (including phenoxy) is 1. The lowest BCUT2D eigenvalue weighted by Gasteiger charge is -2.42. The predicted octanol–water partition coefficient (Wildman–Crippen LogP) is 0.940. The molecule has 0 radical (unpaired) electrons. The Hall–Kier alpha value is -1.80. The van der Waals surface area contributed by atoms with Crippen LogP contribution in [0.3, 0.4) is 0 Å². The minimum atomic E-state index is -1.29. The third kappa shape index (κ3) is 2.66. The Morgan fingerprint density at radius 3 is 2.74 bits per heavy atom. The number of thioether (sulfide) groups is 1. The summed E-state index contributed by atoms with van der Waals surface area (Å²) < 4.78 is 17.1. The maximum absolute atomic E-state index is 12.9. The van der Waals surface area contributed by atoms with Crippen molar-refractivity contribution in [1.29, 1.82) is 0 Å². The van der Waals surface area contributed by atoms with Gasteiger partial charge in [0.05, 0.1) is 23.9 Å². The van der Waals surface area contributed by atoms with E-state index < -0.39 is 28.6 Å². The lowest BCUT2D eigenvalue weighted by Crippen LogP contribution is -2.60. The van der Waals surface area contributed by atoms with E-state index in [1.807, 2.05) is 0 Å². The molecule has 3 rings (SSSR count). The van der Waals surface area contributed by atoms with E-state index in [2.05, 4.69) is 0 Å². The molecule has 2 N–H and O–H groups in total. The average Bonchev–Trinajstić information content (AvgIpc) is 2.82. The molecule has 0 saturated carbocycles. The molecule has 124 valence electrons. The number of carboxylic acids is 1. The molecule has 0 aliphatic carbocycles. The van der Waals surface area contributed by atoms with Gasteiger partial charge in [0.1, 0.15) is 18.2 Å². The topological polar surface area (TPSA) is 87.1 Å². The molecule has 4 atom stereocenters. The molecular formula is C15H16FNO5S. The van der Waals surface area contributed by atoms with Crippen LogP contribution >= 0.6 is 11.8 Å². The fourth-order valence-corrected chi connectivity index (χ4v) is 4.53. The van der Waals surface area contributed by atoms with Crippen LogP contribution in [0.25, 0.3) is 0 Å². The summed E-state index contributed by atoms with van der Waals surface area (Å²) in [4.78, 5) is 25.2. The molecule has 2 aliphatic heterocycles. The van der Waals surface area contributed by atoms with Gasteiger partial charge in [-0.3, -0.25) is 9.59 Å². The van der Waals surface area contributed by atoms with Crippen molar-refractivity contribution in [3.8, 4) is 5.75 Å². The highest BCUT2D eigenvalue weighted by Gasteiger charge is 2.63. The van der Waals surface area contributed by atoms with Crippen LogP contribution in [0.5, 0.6) is 5.75 Å². The molecule has 8 heteroatoms. The summed E-state index contributed by atoms with van der Waals surface area (Å²) in [5.74, 6) is -1.93. The first-order valence-corrected chi connectivity index (χ1v) is 8.00. The van der Waals surface area contributed by atoms with Gasteiger partial charge in [0.2, 0.25) is 5.91 Å². The van der Waals surface area contributed by atoms with E-state index in [-0.39, 0.29) is 24.4 Å². The Morgan fingerprint density at radius 1 is 1.52 bits per heavy atom. The number of benzene rings is 1. The van der Waals surface area contributed by atoms with Gasteiger partial charge in [-0.1, -0.05) is 0 Å². The fraction of sp³-hybridized carbons (Fsp3) is 0.467. The summed E-state index contributed by atoms with van der Waals surface area (Å²) >= 11 is 1.13. The van der Waals surface area contributed by atoms with Crippen LogP contribution in [-0.2, 0) is 9.59 Å². The van der Waals surface area contributed by atoms with Crippen LogP contribution in [0.1, 0.15) is 6.92 Å². The highest BCUT2D eigenvalue weighted by Crippen LogP contribution is 2.50. The highest BCUT2D eigenvalue weighted by atomic mass is 32.2. The van der Waals surface area contributed by atoms with Crippen LogP contribution in [0.4, 0.5) is 4.39 Å². The van der Waals surface area contributed by atoms with E-state index >= 15 is 0 Å². The van der Waals surface area contributed by atoms with Crippen molar-refractivity contribution in [2.24, 2.45) is 5.92 Å². The normalized spacial score (nSPS) is 30.6. The monoisotopic (exact) mass is 341 g/mol. The molecular weight excluding hydrogens is 325 g/mol. The number of carbonyl (C=O) groups excluding carboxylic acids is 1. The van der Waals surface area contributed by atoms with E-state index in [9.17, 15) is 24.2 Å². The molecule has 0 aromatic heterocycles. The number of carbonyl (C=O) groups is 2. The standard InChI is InChI=1S/C15H16FNO5S/c1-8(18)11-12(19)17-6-15(14(20)21,23-13(11)17)7-22-10-4-2-9(16)3-5-10/h2-5,8,11,13,18H,6-7H2,1H3,(H,20,21)/t8-,11+,13-,15?/m1/s1. The molecule has 0 spiro atoms. The Labute approximate surface area is 136 Å². The van der Waals surface area contributed by atoms with Crippen molar-refractivity contribution in [2.45, 2.75) is 23.1 Å². The third-order valence-electron chi connectivity index (χ3n) is 4.15. The Balaban J connectivity index is 1.73. The number of aliphatic hydroxyl groups excluding tert-OH is 1. The second kappa shape index (κ2) is 5.68. The predicted molar refractivity (Wildman–Crippen MR) is 80.5 cm³/mol. The molecule has 1 aromatic rings. The van der Waals surface area contributed by atoms with Crippen molar-refractivity contribution >= 4 is 23.6 Å². The van der Waals surface area contributed by atoms with Gasteiger partial charge in [0.15, 0.2) is 4.75 Å². The SMILES string of the molecule is C[C@@H](O)[C@H]1C(=O)N2CC(COc3ccc(F)cc3)(C(=O)O)S[C@H]12. The first-order chi connectivity index (χ1) is 10.8. The van der Waals surface area contributed by atoms with E-state index in [4.69, 9.17) is 4.74 Å². The van der Waals surface area contributed by atoms with Crippen LogP contribution in [0, 0.1) is 11.7 Å². The number of carboxylic acid groups (broad SMARTS) is 1. The van der Waals surface area contributed by atoms with Crippen LogP contribution < -0.4 is 4.74 Å². The Kier molecular flexibility index (Phi) is 3.97. The number of β-lactam (4-membered cyclic amide) rings is 1. The molecule has 6 nitrogen and oxygen atoms in total. The summed E-state index contributed by atoms with van der Waals surface area (Å²) in [5, 5.41) is 18.9. The first kappa shape index (κ1) is 16.1. The summed E-state index contributed by atoms with van der Waals surface area (Å²) in [6.07, 6.45) is -0.820. The van der Waals surface area contributed by atoms with Gasteiger partial charge >= 0.3 is 5.97 Å². The molecule has 0 bridgehead atoms. The number of aliphatic carboxylic acids is 1. The van der Waals surface area contributed by atoms with Gasteiger partial charge < -0.3 is 19.8 Å². The van der Waals surface area contributed by atoms with Crippen molar-refractivity contribution in [1.82, 2.24) is 4.90 Å². The highest BCUT2D eigenvalue weighted by molar-refractivity contribution is 8.02. The zero-order valence-electron chi connectivity index (χ0n) is 12.3. The lowest BCUT2D eigenvalue weighted by atomic mass is 9.92. The van der Waals surface area contributed by atoms with E-state index in [0.29, 0.717) is 5.75 Å². The second-order valence-corrected chi connectivity index (χ2v) is 7.28. The smallest absolute Gasteiger partial charge is 0.325 e. The molecule has 1 aromatic carbocycles. The maximum Gasteiger partial charge on any atom is 0.325 e. The average molecular weight is 341 g/mol. The van der Waals surface area contributed by atoms with E-state index in [1.54, 1.807) is 0 Å². The van der Waals surface area contributed by atoms with Gasteiger partial charge in [-0.15, -0.1) is 11.8 Å².